The quantitative estimate of drug-likeness (QED) is 0.750. The van der Waals surface area contributed by atoms with Crippen LogP contribution in [0.2, 0.25) is 0 Å². The molecule has 3 aromatic rings. The summed E-state index contributed by atoms with van der Waals surface area (Å²) in [5.41, 5.74) is 10.5. The minimum absolute atomic E-state index is 0.382. The summed E-state index contributed by atoms with van der Waals surface area (Å²) in [5, 5.41) is 1.23. The van der Waals surface area contributed by atoms with Crippen molar-refractivity contribution in [1.29, 1.82) is 0 Å². The van der Waals surface area contributed by atoms with Crippen molar-refractivity contribution in [3.8, 4) is 5.75 Å². The van der Waals surface area contributed by atoms with E-state index in [0.717, 1.165) is 11.3 Å². The summed E-state index contributed by atoms with van der Waals surface area (Å²) < 4.78 is 8.34. The van der Waals surface area contributed by atoms with Crippen LogP contribution in [-0.4, -0.2) is 4.57 Å². The van der Waals surface area contributed by atoms with Gasteiger partial charge in [-0.2, -0.15) is 0 Å². The van der Waals surface area contributed by atoms with Crippen molar-refractivity contribution >= 4 is 10.9 Å². The third kappa shape index (κ3) is 3.25. The Kier molecular flexibility index (Phi) is 4.39. The van der Waals surface area contributed by atoms with Crippen molar-refractivity contribution < 1.29 is 4.74 Å². The van der Waals surface area contributed by atoms with E-state index in [1.54, 1.807) is 0 Å². The van der Waals surface area contributed by atoms with Crippen LogP contribution < -0.4 is 10.5 Å². The third-order valence-corrected chi connectivity index (χ3v) is 4.11. The Bertz CT molecular complexity index is 818. The van der Waals surface area contributed by atoms with Gasteiger partial charge in [0.1, 0.15) is 12.4 Å². The van der Waals surface area contributed by atoms with E-state index in [1.165, 1.54) is 22.2 Å². The summed E-state index contributed by atoms with van der Waals surface area (Å²) in [6.07, 6.45) is 0. The predicted octanol–water partition coefficient (Wildman–Crippen LogP) is 4.57. The van der Waals surface area contributed by atoms with E-state index in [-0.39, 0.29) is 0 Å². The zero-order chi connectivity index (χ0) is 16.4. The molecular weight excluding hydrogens is 284 g/mol. The number of benzene rings is 2. The second-order valence-corrected chi connectivity index (χ2v) is 6.30. The second kappa shape index (κ2) is 6.47. The van der Waals surface area contributed by atoms with E-state index in [1.807, 2.05) is 12.1 Å². The molecule has 120 valence electrons. The highest BCUT2D eigenvalue weighted by Gasteiger charge is 2.12. The van der Waals surface area contributed by atoms with Crippen LogP contribution in [0.5, 0.6) is 5.75 Å². The van der Waals surface area contributed by atoms with Crippen LogP contribution in [0.25, 0.3) is 10.9 Å². The fourth-order valence-electron chi connectivity index (χ4n) is 3.05. The lowest BCUT2D eigenvalue weighted by Gasteiger charge is -2.15. The van der Waals surface area contributed by atoms with E-state index < -0.39 is 0 Å². The molecule has 0 bridgehead atoms. The van der Waals surface area contributed by atoms with Crippen molar-refractivity contribution in [3.63, 3.8) is 0 Å². The monoisotopic (exact) mass is 308 g/mol. The van der Waals surface area contributed by atoms with Crippen molar-refractivity contribution in [3.05, 3.63) is 65.4 Å². The Morgan fingerprint density at radius 3 is 2.61 bits per heavy atom. The molecule has 3 nitrogen and oxygen atoms in total. The average molecular weight is 308 g/mol. The number of rotatable bonds is 5. The maximum absolute atomic E-state index is 6.00. The number of hydrogen-bond donors (Lipinski definition) is 1. The largest absolute Gasteiger partial charge is 0.487 e. The first-order valence-electron chi connectivity index (χ1n) is 8.11. The minimum Gasteiger partial charge on any atom is -0.487 e. The highest BCUT2D eigenvalue weighted by atomic mass is 16.5. The van der Waals surface area contributed by atoms with Crippen molar-refractivity contribution in [2.24, 2.45) is 5.73 Å². The van der Waals surface area contributed by atoms with Gasteiger partial charge in [-0.15, -0.1) is 0 Å². The van der Waals surface area contributed by atoms with Gasteiger partial charge < -0.3 is 15.0 Å². The van der Waals surface area contributed by atoms with E-state index in [2.05, 4.69) is 61.7 Å². The molecule has 0 saturated carbocycles. The normalized spacial score (nSPS) is 11.3. The highest BCUT2D eigenvalue weighted by Crippen LogP contribution is 2.26. The standard InChI is InChI=1S/C20H24N2O/c1-14(2)22-18(13-23-19-6-4-5-15(3)9-19)11-17-10-16(12-21)7-8-20(17)22/h4-11,14H,12-13,21H2,1-3H3. The summed E-state index contributed by atoms with van der Waals surface area (Å²) in [7, 11) is 0. The van der Waals surface area contributed by atoms with Gasteiger partial charge in [0.2, 0.25) is 0 Å². The van der Waals surface area contributed by atoms with Crippen molar-refractivity contribution in [1.82, 2.24) is 4.57 Å². The number of hydrogen-bond acceptors (Lipinski definition) is 2. The fraction of sp³-hybridized carbons (Fsp3) is 0.300. The first kappa shape index (κ1) is 15.6. The maximum Gasteiger partial charge on any atom is 0.128 e. The zero-order valence-electron chi connectivity index (χ0n) is 14.0. The Morgan fingerprint density at radius 2 is 1.91 bits per heavy atom. The highest BCUT2D eigenvalue weighted by molar-refractivity contribution is 5.82. The number of aryl methyl sites for hydroxylation is 1. The lowest BCUT2D eigenvalue weighted by Crippen LogP contribution is -2.08. The van der Waals surface area contributed by atoms with E-state index in [4.69, 9.17) is 10.5 Å². The summed E-state index contributed by atoms with van der Waals surface area (Å²) in [4.78, 5) is 0. The maximum atomic E-state index is 6.00. The average Bonchev–Trinajstić information content (AvgIpc) is 2.90. The molecule has 0 radical (unpaired) electrons. The molecular formula is C20H24N2O. The van der Waals surface area contributed by atoms with Crippen molar-refractivity contribution in [2.45, 2.75) is 40.0 Å². The molecule has 0 amide bonds. The van der Waals surface area contributed by atoms with Gasteiger partial charge in [0.25, 0.3) is 0 Å². The fourth-order valence-corrected chi connectivity index (χ4v) is 3.05. The Morgan fingerprint density at radius 1 is 1.09 bits per heavy atom. The first-order chi connectivity index (χ1) is 11.1. The first-order valence-corrected chi connectivity index (χ1v) is 8.11. The second-order valence-electron chi connectivity index (χ2n) is 6.30. The Hall–Kier alpha value is -2.26. The number of nitrogens with zero attached hydrogens (tertiary/aromatic N) is 1. The van der Waals surface area contributed by atoms with Crippen LogP contribution in [0.1, 0.15) is 36.7 Å². The summed E-state index contributed by atoms with van der Waals surface area (Å²) in [5.74, 6) is 0.910. The summed E-state index contributed by atoms with van der Waals surface area (Å²) >= 11 is 0. The molecule has 0 spiro atoms. The lowest BCUT2D eigenvalue weighted by atomic mass is 10.1. The van der Waals surface area contributed by atoms with Crippen LogP contribution in [0.4, 0.5) is 0 Å². The molecule has 3 heteroatoms. The molecule has 0 saturated heterocycles. The minimum atomic E-state index is 0.382. The molecule has 0 unspecified atom stereocenters. The number of ether oxygens (including phenoxy) is 1. The predicted molar refractivity (Wildman–Crippen MR) is 95.7 cm³/mol. The Balaban J connectivity index is 1.94. The smallest absolute Gasteiger partial charge is 0.128 e. The number of nitrogens with two attached hydrogens (primary N) is 1. The molecule has 1 aromatic heterocycles. The van der Waals surface area contributed by atoms with Gasteiger partial charge >= 0.3 is 0 Å². The molecule has 3 rings (SSSR count). The van der Waals surface area contributed by atoms with Gasteiger partial charge in [-0.1, -0.05) is 18.2 Å². The van der Waals surface area contributed by atoms with Gasteiger partial charge in [-0.3, -0.25) is 0 Å². The van der Waals surface area contributed by atoms with Crippen LogP contribution in [-0.2, 0) is 13.2 Å². The van der Waals surface area contributed by atoms with Gasteiger partial charge in [-0.05, 0) is 62.2 Å². The topological polar surface area (TPSA) is 40.2 Å². The third-order valence-electron chi connectivity index (χ3n) is 4.11. The number of fused-ring (bicyclic) bond motifs is 1. The van der Waals surface area contributed by atoms with Crippen LogP contribution in [0.3, 0.4) is 0 Å². The molecule has 0 aliphatic carbocycles. The molecule has 2 N–H and O–H groups in total. The van der Waals surface area contributed by atoms with Crippen LogP contribution in [0.15, 0.2) is 48.5 Å². The summed E-state index contributed by atoms with van der Waals surface area (Å²) in [6, 6.07) is 17.2. The Labute approximate surface area is 137 Å². The van der Waals surface area contributed by atoms with Gasteiger partial charge in [0.15, 0.2) is 0 Å². The van der Waals surface area contributed by atoms with Crippen LogP contribution >= 0.6 is 0 Å². The summed E-state index contributed by atoms with van der Waals surface area (Å²) in [6.45, 7) is 7.61. The molecule has 0 atom stereocenters. The number of aromatic nitrogens is 1. The molecule has 23 heavy (non-hydrogen) atoms. The van der Waals surface area contributed by atoms with E-state index in [9.17, 15) is 0 Å². The SMILES string of the molecule is Cc1cccc(OCc2cc3cc(CN)ccc3n2C(C)C)c1. The van der Waals surface area contributed by atoms with Gasteiger partial charge in [-0.25, -0.2) is 0 Å². The van der Waals surface area contributed by atoms with E-state index in [0.29, 0.717) is 19.2 Å². The van der Waals surface area contributed by atoms with Crippen molar-refractivity contribution in [2.75, 3.05) is 0 Å². The molecule has 0 fully saturated rings. The lowest BCUT2D eigenvalue weighted by molar-refractivity contribution is 0.293. The zero-order valence-corrected chi connectivity index (χ0v) is 14.0. The van der Waals surface area contributed by atoms with Crippen LogP contribution in [0, 0.1) is 6.92 Å². The van der Waals surface area contributed by atoms with E-state index >= 15 is 0 Å². The van der Waals surface area contributed by atoms with Gasteiger partial charge in [0.05, 0.1) is 5.69 Å². The molecule has 2 aromatic carbocycles. The molecule has 0 aliphatic rings. The molecule has 0 aliphatic heterocycles. The van der Waals surface area contributed by atoms with Gasteiger partial charge in [0, 0.05) is 23.5 Å². The molecule has 1 heterocycles.